The average Bonchev–Trinajstić information content (AvgIpc) is 2.05. The molecule has 0 spiro atoms. The van der Waals surface area contributed by atoms with Crippen molar-refractivity contribution >= 4 is 12.1 Å². The third kappa shape index (κ3) is 22.4. The first-order valence-electron chi connectivity index (χ1n) is 3.57. The molecule has 5 heteroatoms. The first-order chi connectivity index (χ1) is 6.08. The summed E-state index contributed by atoms with van der Waals surface area (Å²) >= 11 is 0. The topological polar surface area (TPSA) is 61.8 Å². The molecule has 14 heavy (non-hydrogen) atoms. The van der Waals surface area contributed by atoms with Gasteiger partial charge in [0.15, 0.2) is 0 Å². The number of hydrogen-bond donors (Lipinski definition) is 0. The lowest BCUT2D eigenvalue weighted by atomic mass is 10.8. The molecule has 0 saturated heterocycles. The molecule has 0 aliphatic carbocycles. The maximum atomic E-state index is 9.97. The minimum Gasteiger partial charge on any atom is -0.438 e. The van der Waals surface area contributed by atoms with Crippen molar-refractivity contribution in [2.45, 2.75) is 21.3 Å². The molecule has 84 valence electrons. The van der Waals surface area contributed by atoms with Crippen LogP contribution in [-0.2, 0) is 19.0 Å². The number of methoxy groups -OCH3 is 1. The zero-order valence-electron chi connectivity index (χ0n) is 8.03. The Kier molecular flexibility index (Phi) is 18.3. The Hall–Kier alpha value is -1.52. The van der Waals surface area contributed by atoms with Gasteiger partial charge in [-0.2, -0.15) is 0 Å². The Morgan fingerprint density at radius 2 is 1.93 bits per heavy atom. The second-order valence-corrected chi connectivity index (χ2v) is 1.66. The van der Waals surface area contributed by atoms with Crippen molar-refractivity contribution in [3.63, 3.8) is 0 Å². The van der Waals surface area contributed by atoms with Gasteiger partial charge in [-0.3, -0.25) is 4.79 Å². The summed E-state index contributed by atoms with van der Waals surface area (Å²) in [7, 11) is 1.28. The van der Waals surface area contributed by atoms with Gasteiger partial charge in [0, 0.05) is 6.92 Å². The van der Waals surface area contributed by atoms with Crippen molar-refractivity contribution < 1.29 is 23.8 Å². The Bertz CT molecular complexity index is 165. The van der Waals surface area contributed by atoms with Crippen molar-refractivity contribution in [3.8, 4) is 0 Å². The van der Waals surface area contributed by atoms with Crippen LogP contribution in [0, 0.1) is 0 Å². The van der Waals surface area contributed by atoms with E-state index >= 15 is 0 Å². The van der Waals surface area contributed by atoms with Gasteiger partial charge in [-0.1, -0.05) is 14.0 Å². The van der Waals surface area contributed by atoms with E-state index < -0.39 is 6.16 Å². The highest BCUT2D eigenvalue weighted by atomic mass is 16.7. The third-order valence-electron chi connectivity index (χ3n) is 0.678. The number of rotatable bonds is 2. The number of carbonyl (C=O) groups excluding carboxylic acids is 2. The van der Waals surface area contributed by atoms with E-state index in [1.54, 1.807) is 6.92 Å². The number of esters is 1. The molecule has 0 unspecified atom stereocenters. The van der Waals surface area contributed by atoms with E-state index in [-0.39, 0.29) is 13.4 Å². The monoisotopic (exact) mass is 206 g/mol. The van der Waals surface area contributed by atoms with Crippen LogP contribution < -0.4 is 0 Å². The van der Waals surface area contributed by atoms with Crippen LogP contribution in [0.15, 0.2) is 12.8 Å². The van der Waals surface area contributed by atoms with E-state index in [4.69, 9.17) is 0 Å². The van der Waals surface area contributed by atoms with Crippen molar-refractivity contribution in [1.82, 2.24) is 0 Å². The summed E-state index contributed by atoms with van der Waals surface area (Å²) in [6.45, 7) is 6.57. The average molecular weight is 206 g/mol. The predicted molar refractivity (Wildman–Crippen MR) is 52.7 cm³/mol. The molecule has 0 aliphatic heterocycles. The van der Waals surface area contributed by atoms with Gasteiger partial charge in [0.1, 0.15) is 0 Å². The van der Waals surface area contributed by atoms with Gasteiger partial charge in [-0.25, -0.2) is 4.79 Å². The molecular formula is C9H18O5. The van der Waals surface area contributed by atoms with E-state index in [1.807, 2.05) is 0 Å². The maximum Gasteiger partial charge on any atom is 0.507 e. The lowest BCUT2D eigenvalue weighted by molar-refractivity contribution is -0.135. The molecule has 0 saturated carbocycles. The second-order valence-electron chi connectivity index (χ2n) is 1.66. The molecule has 0 N–H and O–H groups in total. The first kappa shape index (κ1) is 18.3. The minimum atomic E-state index is -0.623. The summed E-state index contributed by atoms with van der Waals surface area (Å²) in [5, 5.41) is 0. The van der Waals surface area contributed by atoms with Gasteiger partial charge in [0.2, 0.25) is 0 Å². The number of carbonyl (C=O) groups is 2. The molecule has 0 rings (SSSR count). The van der Waals surface area contributed by atoms with E-state index in [2.05, 4.69) is 20.8 Å². The lowest BCUT2D eigenvalue weighted by Crippen LogP contribution is -2.02. The molecule has 0 aromatic rings. The van der Waals surface area contributed by atoms with Crippen LogP contribution in [0.1, 0.15) is 21.3 Å². The summed E-state index contributed by atoms with van der Waals surface area (Å²) in [4.78, 5) is 19.7. The Morgan fingerprint density at radius 1 is 1.43 bits per heavy atom. The summed E-state index contributed by atoms with van der Waals surface area (Å²) in [5.74, 6) is -0.329. The molecule has 0 radical (unpaired) electrons. The van der Waals surface area contributed by atoms with Gasteiger partial charge in [-0.15, -0.1) is 0 Å². The van der Waals surface area contributed by atoms with Crippen LogP contribution >= 0.6 is 0 Å². The predicted octanol–water partition coefficient (Wildman–Crippen LogP) is 2.12. The summed E-state index contributed by atoms with van der Waals surface area (Å²) < 4.78 is 12.6. The standard InChI is InChI=1S/C4H8O3.C4H6O2.CH4/c1-3-7-4(5)6-2;1-3-6-4(2)5;/h3H2,1-2H3;3H,1H2,2H3;1H4. The molecule has 0 bridgehead atoms. The fourth-order valence-electron chi connectivity index (χ4n) is 0.294. The molecule has 5 nitrogen and oxygen atoms in total. The fraction of sp³-hybridized carbons (Fsp3) is 0.556. The largest absolute Gasteiger partial charge is 0.507 e. The van der Waals surface area contributed by atoms with E-state index in [0.717, 1.165) is 6.26 Å². The number of ether oxygens (including phenoxy) is 3. The quantitative estimate of drug-likeness (QED) is 0.511. The van der Waals surface area contributed by atoms with Gasteiger partial charge >= 0.3 is 12.1 Å². The van der Waals surface area contributed by atoms with Gasteiger partial charge in [0.05, 0.1) is 20.0 Å². The first-order valence-corrected chi connectivity index (χ1v) is 3.57. The summed E-state index contributed by atoms with van der Waals surface area (Å²) in [6, 6.07) is 0. The van der Waals surface area contributed by atoms with Crippen molar-refractivity contribution in [2.24, 2.45) is 0 Å². The lowest BCUT2D eigenvalue weighted by Gasteiger charge is -1.94. The molecule has 0 aliphatic rings. The molecular weight excluding hydrogens is 188 g/mol. The van der Waals surface area contributed by atoms with Crippen molar-refractivity contribution in [2.75, 3.05) is 13.7 Å². The van der Waals surface area contributed by atoms with E-state index in [1.165, 1.54) is 14.0 Å². The van der Waals surface area contributed by atoms with Crippen LogP contribution in [0.5, 0.6) is 0 Å². The normalized spacial score (nSPS) is 6.79. The summed E-state index contributed by atoms with van der Waals surface area (Å²) in [5.41, 5.74) is 0. The minimum absolute atomic E-state index is 0. The zero-order chi connectivity index (χ0) is 10.7. The van der Waals surface area contributed by atoms with Gasteiger partial charge in [0.25, 0.3) is 0 Å². The highest BCUT2D eigenvalue weighted by Gasteiger charge is 1.92. The van der Waals surface area contributed by atoms with Gasteiger partial charge < -0.3 is 14.2 Å². The van der Waals surface area contributed by atoms with Crippen LogP contribution in [0.25, 0.3) is 0 Å². The maximum absolute atomic E-state index is 9.97. The van der Waals surface area contributed by atoms with Crippen LogP contribution in [0.2, 0.25) is 0 Å². The highest BCUT2D eigenvalue weighted by Crippen LogP contribution is 1.77. The molecule has 0 atom stereocenters. The summed E-state index contributed by atoms with van der Waals surface area (Å²) in [6.07, 6.45) is 0.477. The van der Waals surface area contributed by atoms with Gasteiger partial charge in [-0.05, 0) is 6.92 Å². The Labute approximate surface area is 84.6 Å². The molecule has 0 amide bonds. The zero-order valence-corrected chi connectivity index (χ0v) is 8.03. The Balaban J connectivity index is -0.000000163. The molecule has 0 aromatic carbocycles. The van der Waals surface area contributed by atoms with E-state index in [0.29, 0.717) is 6.61 Å². The SMILES string of the molecule is C.C=COC(C)=O.CCOC(=O)OC. The van der Waals surface area contributed by atoms with Crippen LogP contribution in [0.4, 0.5) is 4.79 Å². The molecule has 0 aromatic heterocycles. The smallest absolute Gasteiger partial charge is 0.438 e. The molecule has 0 heterocycles. The number of hydrogen-bond acceptors (Lipinski definition) is 5. The molecule has 0 fully saturated rings. The Morgan fingerprint density at radius 3 is 2.00 bits per heavy atom. The van der Waals surface area contributed by atoms with E-state index in [9.17, 15) is 9.59 Å². The highest BCUT2D eigenvalue weighted by molar-refractivity contribution is 5.66. The van der Waals surface area contributed by atoms with Crippen LogP contribution in [0.3, 0.4) is 0 Å². The van der Waals surface area contributed by atoms with Crippen molar-refractivity contribution in [1.29, 1.82) is 0 Å². The van der Waals surface area contributed by atoms with Crippen molar-refractivity contribution in [3.05, 3.63) is 12.8 Å². The third-order valence-corrected chi connectivity index (χ3v) is 0.678. The fourth-order valence-corrected chi connectivity index (χ4v) is 0.294. The van der Waals surface area contributed by atoms with Crippen LogP contribution in [-0.4, -0.2) is 25.8 Å². The second kappa shape index (κ2) is 14.0.